The van der Waals surface area contributed by atoms with E-state index in [1.54, 1.807) is 27.7 Å². The van der Waals surface area contributed by atoms with Crippen LogP contribution in [0, 0.1) is 0 Å². The van der Waals surface area contributed by atoms with Crippen LogP contribution in [0.1, 0.15) is 66.4 Å². The van der Waals surface area contributed by atoms with Gasteiger partial charge in [-0.15, -0.1) is 22.7 Å². The second-order valence-corrected chi connectivity index (χ2v) is 10.6. The molecular formula is C26H28F4O12S2. The fourth-order valence-electron chi connectivity index (χ4n) is 3.44. The molecular weight excluding hydrogens is 644 g/mol. The lowest BCUT2D eigenvalue weighted by Crippen LogP contribution is -2.30. The van der Waals surface area contributed by atoms with Crippen LogP contribution in [0.25, 0.3) is 0 Å². The van der Waals surface area contributed by atoms with Gasteiger partial charge in [0.2, 0.25) is 0 Å². The van der Waals surface area contributed by atoms with Crippen LogP contribution in [0.3, 0.4) is 0 Å². The summed E-state index contributed by atoms with van der Waals surface area (Å²) in [5.74, 6) is -10.4. The van der Waals surface area contributed by atoms with E-state index in [-0.39, 0.29) is 68.9 Å². The Labute approximate surface area is 256 Å². The fraction of sp³-hybridized carbons (Fsp3) is 0.538. The van der Waals surface area contributed by atoms with Crippen LogP contribution in [0.4, 0.5) is 17.6 Å². The molecule has 0 aliphatic carbocycles. The predicted molar refractivity (Wildman–Crippen MR) is 144 cm³/mol. The molecule has 44 heavy (non-hydrogen) atoms. The molecule has 0 saturated heterocycles. The van der Waals surface area contributed by atoms with E-state index in [1.807, 2.05) is 0 Å². The van der Waals surface area contributed by atoms with Gasteiger partial charge in [-0.25, -0.2) is 19.2 Å². The summed E-state index contributed by atoms with van der Waals surface area (Å²) >= 11 is 1.47. The molecule has 0 spiro atoms. The van der Waals surface area contributed by atoms with Crippen LogP contribution in [0.5, 0.6) is 23.0 Å². The van der Waals surface area contributed by atoms with Crippen molar-refractivity contribution < 1.29 is 74.6 Å². The van der Waals surface area contributed by atoms with Gasteiger partial charge in [-0.2, -0.15) is 17.6 Å². The topological polar surface area (TPSA) is 142 Å². The Kier molecular flexibility index (Phi) is 11.7. The van der Waals surface area contributed by atoms with Gasteiger partial charge < -0.3 is 37.9 Å². The molecule has 2 aliphatic rings. The zero-order valence-corrected chi connectivity index (χ0v) is 25.5. The van der Waals surface area contributed by atoms with Gasteiger partial charge in [0.1, 0.15) is 0 Å². The van der Waals surface area contributed by atoms with Gasteiger partial charge >= 0.3 is 35.7 Å². The van der Waals surface area contributed by atoms with E-state index in [1.165, 1.54) is 0 Å². The van der Waals surface area contributed by atoms with Gasteiger partial charge in [-0.05, 0) is 27.7 Å². The normalized spacial score (nSPS) is 15.8. The number of esters is 4. The van der Waals surface area contributed by atoms with Crippen LogP contribution < -0.4 is 18.9 Å². The van der Waals surface area contributed by atoms with E-state index in [0.717, 1.165) is 22.7 Å². The van der Waals surface area contributed by atoms with Crippen molar-refractivity contribution in [1.29, 1.82) is 0 Å². The molecule has 0 saturated carbocycles. The van der Waals surface area contributed by atoms with Crippen LogP contribution in [-0.2, 0) is 18.9 Å². The van der Waals surface area contributed by atoms with Crippen LogP contribution >= 0.6 is 22.7 Å². The van der Waals surface area contributed by atoms with E-state index in [0.29, 0.717) is 0 Å². The van der Waals surface area contributed by atoms with Crippen molar-refractivity contribution in [3.05, 3.63) is 19.5 Å². The molecule has 0 radical (unpaired) electrons. The van der Waals surface area contributed by atoms with E-state index >= 15 is 0 Å². The number of alkyl halides is 4. The first kappa shape index (κ1) is 34.7. The molecule has 2 aromatic rings. The summed E-state index contributed by atoms with van der Waals surface area (Å²) in [4.78, 5) is 47.2. The third kappa shape index (κ3) is 8.22. The quantitative estimate of drug-likeness (QED) is 0.211. The van der Waals surface area contributed by atoms with Gasteiger partial charge in [0, 0.05) is 0 Å². The van der Waals surface area contributed by atoms with Crippen LogP contribution in [0.2, 0.25) is 0 Å². The molecule has 4 rings (SSSR count). The Hall–Kier alpha value is -3.80. The van der Waals surface area contributed by atoms with Crippen molar-refractivity contribution in [2.45, 2.75) is 39.5 Å². The van der Waals surface area contributed by atoms with Crippen LogP contribution in [0.15, 0.2) is 0 Å². The first-order valence-electron chi connectivity index (χ1n) is 13.1. The monoisotopic (exact) mass is 672 g/mol. The second-order valence-electron chi connectivity index (χ2n) is 8.59. The number of hydrogen-bond acceptors (Lipinski definition) is 14. The molecule has 2 aromatic heterocycles. The molecule has 18 heteroatoms. The first-order valence-corrected chi connectivity index (χ1v) is 14.7. The summed E-state index contributed by atoms with van der Waals surface area (Å²) in [6.07, 6.45) is 0. The minimum absolute atomic E-state index is 0.0945. The molecule has 4 heterocycles. The minimum Gasteiger partial charge on any atom is -0.481 e. The van der Waals surface area contributed by atoms with Gasteiger partial charge in [0.05, 0.1) is 26.4 Å². The zero-order chi connectivity index (χ0) is 32.7. The van der Waals surface area contributed by atoms with E-state index < -0.39 is 62.1 Å². The highest BCUT2D eigenvalue weighted by Crippen LogP contribution is 2.47. The third-order valence-electron chi connectivity index (χ3n) is 5.20. The van der Waals surface area contributed by atoms with E-state index in [2.05, 4.69) is 0 Å². The summed E-state index contributed by atoms with van der Waals surface area (Å²) in [6, 6.07) is 0. The molecule has 0 bridgehead atoms. The predicted octanol–water partition coefficient (Wildman–Crippen LogP) is 5.02. The highest BCUT2D eigenvalue weighted by Gasteiger charge is 2.41. The highest BCUT2D eigenvalue weighted by atomic mass is 32.1. The largest absolute Gasteiger partial charge is 0.481 e. The number of halogens is 4. The van der Waals surface area contributed by atoms with Gasteiger partial charge in [-0.1, -0.05) is 0 Å². The summed E-state index contributed by atoms with van der Waals surface area (Å²) < 4.78 is 92.9. The van der Waals surface area contributed by atoms with Crippen molar-refractivity contribution in [1.82, 2.24) is 0 Å². The SMILES string of the molecule is CCOC(=O)c1sc(C(=O)OCC)c2c1OCC(F)(F)CO2.CCOC(=O)c1sc(C(=O)OCC)c2c1OCC(F)(F)CO2. The Balaban J connectivity index is 0.000000240. The van der Waals surface area contributed by atoms with Gasteiger partial charge in [0.25, 0.3) is 0 Å². The van der Waals surface area contributed by atoms with Crippen molar-refractivity contribution in [3.8, 4) is 23.0 Å². The Bertz CT molecular complexity index is 1180. The summed E-state index contributed by atoms with van der Waals surface area (Å²) in [7, 11) is 0. The average molecular weight is 673 g/mol. The number of fused-ring (bicyclic) bond motifs is 2. The molecule has 0 fully saturated rings. The van der Waals surface area contributed by atoms with E-state index in [4.69, 9.17) is 37.9 Å². The van der Waals surface area contributed by atoms with Crippen molar-refractivity contribution in [2.24, 2.45) is 0 Å². The number of hydrogen-bond donors (Lipinski definition) is 0. The maximum absolute atomic E-state index is 13.4. The van der Waals surface area contributed by atoms with Crippen molar-refractivity contribution in [2.75, 3.05) is 52.9 Å². The Morgan fingerprint density at radius 3 is 0.909 bits per heavy atom. The molecule has 2 aliphatic heterocycles. The molecule has 244 valence electrons. The fourth-order valence-corrected chi connectivity index (χ4v) is 5.40. The standard InChI is InChI=1S/2C13H14F2O6S/c2*1-3-18-11(16)9-7-8(10(22-9)12(17)19-4-2)21-6-13(14,15)5-20-7/h2*3-6H2,1-2H3. The van der Waals surface area contributed by atoms with Crippen molar-refractivity contribution in [3.63, 3.8) is 0 Å². The third-order valence-corrected chi connectivity index (χ3v) is 7.42. The first-order chi connectivity index (χ1) is 20.8. The number of ether oxygens (including phenoxy) is 8. The second kappa shape index (κ2) is 14.8. The molecule has 0 amide bonds. The van der Waals surface area contributed by atoms with Gasteiger partial charge in [0.15, 0.2) is 68.9 Å². The molecule has 0 N–H and O–H groups in total. The minimum atomic E-state index is -3.23. The summed E-state index contributed by atoms with van der Waals surface area (Å²) in [6.45, 7) is 2.96. The lowest BCUT2D eigenvalue weighted by atomic mass is 10.3. The lowest BCUT2D eigenvalue weighted by Gasteiger charge is -2.12. The Morgan fingerprint density at radius 1 is 0.523 bits per heavy atom. The number of thiophene rings is 2. The Morgan fingerprint density at radius 2 is 0.727 bits per heavy atom. The van der Waals surface area contributed by atoms with Crippen molar-refractivity contribution >= 4 is 46.6 Å². The zero-order valence-electron chi connectivity index (χ0n) is 23.9. The number of rotatable bonds is 8. The molecule has 0 atom stereocenters. The summed E-state index contributed by atoms with van der Waals surface area (Å²) in [5, 5.41) is 0. The molecule has 12 nitrogen and oxygen atoms in total. The maximum atomic E-state index is 13.4. The maximum Gasteiger partial charge on any atom is 0.352 e. The summed E-state index contributed by atoms with van der Waals surface area (Å²) in [5.41, 5.74) is 0. The van der Waals surface area contributed by atoms with Crippen LogP contribution in [-0.4, -0.2) is 88.6 Å². The van der Waals surface area contributed by atoms with Gasteiger partial charge in [-0.3, -0.25) is 0 Å². The smallest absolute Gasteiger partial charge is 0.352 e. The molecule has 0 aromatic carbocycles. The van der Waals surface area contributed by atoms with E-state index in [9.17, 15) is 36.7 Å². The number of carbonyl (C=O) groups excluding carboxylic acids is 4. The number of carbonyl (C=O) groups is 4. The lowest BCUT2D eigenvalue weighted by molar-refractivity contribution is -0.0626. The average Bonchev–Trinajstić information content (AvgIpc) is 3.42. The highest BCUT2D eigenvalue weighted by molar-refractivity contribution is 7.17. The molecule has 0 unspecified atom stereocenters.